The van der Waals surface area contributed by atoms with Crippen LogP contribution in [-0.4, -0.2) is 14.1 Å². The molecule has 4 nitrogen and oxygen atoms in total. The molecule has 0 radical (unpaired) electrons. The number of nitrogens with zero attached hydrogens (tertiary/aromatic N) is 4. The van der Waals surface area contributed by atoms with Crippen LogP contribution in [0.1, 0.15) is 0 Å². The van der Waals surface area contributed by atoms with Crippen molar-refractivity contribution in [1.82, 2.24) is 0 Å². The Kier molecular flexibility index (Phi) is 5.90. The molecule has 0 unspecified atom stereocenters. The van der Waals surface area contributed by atoms with Gasteiger partial charge in [0.1, 0.15) is 0 Å². The van der Waals surface area contributed by atoms with Crippen LogP contribution in [0.3, 0.4) is 0 Å². The van der Waals surface area contributed by atoms with E-state index in [0.717, 1.165) is 22.7 Å². The molecule has 0 bridgehead atoms. The normalized spacial score (nSPS) is 14.2. The van der Waals surface area contributed by atoms with Crippen molar-refractivity contribution in [2.45, 2.75) is 0 Å². The van der Waals surface area contributed by atoms with Crippen molar-refractivity contribution < 1.29 is 19.8 Å². The van der Waals surface area contributed by atoms with E-state index in [-0.39, 0.29) is 19.8 Å². The quantitative estimate of drug-likeness (QED) is 0.130. The van der Waals surface area contributed by atoms with Crippen molar-refractivity contribution in [2.75, 3.05) is 33.7 Å². The van der Waals surface area contributed by atoms with Gasteiger partial charge < -0.3 is 19.6 Å². The number of rotatable bonds is 2. The van der Waals surface area contributed by atoms with E-state index >= 15 is 0 Å². The summed E-state index contributed by atoms with van der Waals surface area (Å²) in [5.41, 5.74) is 6.72. The minimum absolute atomic E-state index is 0. The van der Waals surface area contributed by atoms with Crippen molar-refractivity contribution in [3.8, 4) is 0 Å². The third-order valence-electron chi connectivity index (χ3n) is 8.74. The van der Waals surface area contributed by atoms with Crippen molar-refractivity contribution in [1.29, 1.82) is 0 Å². The molecule has 5 heteroatoms. The van der Waals surface area contributed by atoms with Crippen LogP contribution in [0.4, 0.5) is 34.1 Å². The standard InChI is InChI=1S/C38H27N4.Os/c1-39-23-41(37-20-31-16-27-10-5-3-8-25(27)14-29(31)18-35(37)39)33-12-7-13-34(22-33)42-24-40(2)36-19-30-15-26-9-4-6-11-28(26)17-32(30)21-38(36)42;/h3-21,23-24H,1-2H3;/q-3;. The number of hydrogen-bond donors (Lipinski definition) is 0. The van der Waals surface area contributed by atoms with Crippen LogP contribution in [-0.2, 0) is 19.8 Å². The predicted molar refractivity (Wildman–Crippen MR) is 178 cm³/mol. The first-order valence-electron chi connectivity index (χ1n) is 14.3. The van der Waals surface area contributed by atoms with Crippen LogP contribution < -0.4 is 19.6 Å². The molecule has 0 atom stereocenters. The van der Waals surface area contributed by atoms with E-state index in [0.29, 0.717) is 0 Å². The van der Waals surface area contributed by atoms with Gasteiger partial charge in [0.15, 0.2) is 0 Å². The summed E-state index contributed by atoms with van der Waals surface area (Å²) in [4.78, 5) is 8.90. The molecular weight excluding hydrogens is 703 g/mol. The Labute approximate surface area is 264 Å². The minimum atomic E-state index is 0. The zero-order valence-corrected chi connectivity index (χ0v) is 26.3. The molecule has 7 aromatic rings. The third kappa shape index (κ3) is 4.07. The molecule has 0 spiro atoms. The largest absolute Gasteiger partial charge is 0.504 e. The number of hydrogen-bond acceptors (Lipinski definition) is 4. The van der Waals surface area contributed by atoms with Gasteiger partial charge in [-0.05, 0) is 106 Å². The second-order valence-electron chi connectivity index (χ2n) is 11.4. The summed E-state index contributed by atoms with van der Waals surface area (Å²) in [5, 5.41) is 10.0. The van der Waals surface area contributed by atoms with E-state index < -0.39 is 0 Å². The first-order valence-corrected chi connectivity index (χ1v) is 14.3. The molecule has 2 heterocycles. The monoisotopic (exact) mass is 731 g/mol. The molecule has 2 aliphatic rings. The van der Waals surface area contributed by atoms with E-state index in [2.05, 4.69) is 168 Å². The Morgan fingerprint density at radius 1 is 0.419 bits per heavy atom. The molecule has 2 aliphatic heterocycles. The van der Waals surface area contributed by atoms with Crippen LogP contribution >= 0.6 is 0 Å². The average Bonchev–Trinajstić information content (AvgIpc) is 3.52. The van der Waals surface area contributed by atoms with Crippen LogP contribution in [0.25, 0.3) is 43.1 Å². The molecule has 0 aromatic heterocycles. The maximum atomic E-state index is 3.74. The Bertz CT molecular complexity index is 2070. The first kappa shape index (κ1) is 26.1. The maximum Gasteiger partial charge on any atom is 0.0332 e. The van der Waals surface area contributed by atoms with E-state index in [4.69, 9.17) is 0 Å². The summed E-state index contributed by atoms with van der Waals surface area (Å²) in [6, 6.07) is 45.7. The molecule has 210 valence electrons. The van der Waals surface area contributed by atoms with Crippen molar-refractivity contribution in [3.63, 3.8) is 0 Å². The van der Waals surface area contributed by atoms with Gasteiger partial charge in [-0.15, -0.1) is 29.6 Å². The van der Waals surface area contributed by atoms with E-state index in [1.54, 1.807) is 0 Å². The van der Waals surface area contributed by atoms with Gasteiger partial charge in [0.2, 0.25) is 0 Å². The maximum absolute atomic E-state index is 3.74. The average molecular weight is 730 g/mol. The summed E-state index contributed by atoms with van der Waals surface area (Å²) in [5.74, 6) is 0. The molecule has 0 aliphatic carbocycles. The van der Waals surface area contributed by atoms with Crippen LogP contribution in [0, 0.1) is 19.4 Å². The topological polar surface area (TPSA) is 13.0 Å². The van der Waals surface area contributed by atoms with Gasteiger partial charge in [0, 0.05) is 42.5 Å². The van der Waals surface area contributed by atoms with Crippen molar-refractivity contribution in [3.05, 3.63) is 135 Å². The van der Waals surface area contributed by atoms with Gasteiger partial charge >= 0.3 is 0 Å². The fourth-order valence-electron chi connectivity index (χ4n) is 6.59. The molecule has 0 saturated heterocycles. The van der Waals surface area contributed by atoms with E-state index in [1.807, 2.05) is 0 Å². The second-order valence-corrected chi connectivity index (χ2v) is 11.4. The van der Waals surface area contributed by atoms with Gasteiger partial charge in [-0.25, -0.2) is 0 Å². The van der Waals surface area contributed by atoms with Gasteiger partial charge in [-0.3, -0.25) is 0 Å². The molecule has 0 saturated carbocycles. The zero-order chi connectivity index (χ0) is 27.9. The van der Waals surface area contributed by atoms with Gasteiger partial charge in [-0.2, -0.15) is 19.4 Å². The summed E-state index contributed by atoms with van der Waals surface area (Å²) >= 11 is 0. The third-order valence-corrected chi connectivity index (χ3v) is 8.74. The van der Waals surface area contributed by atoms with Crippen LogP contribution in [0.15, 0.2) is 115 Å². The van der Waals surface area contributed by atoms with Crippen molar-refractivity contribution in [2.24, 2.45) is 0 Å². The number of fused-ring (bicyclic) bond motifs is 6. The zero-order valence-electron chi connectivity index (χ0n) is 23.8. The molecule has 0 N–H and O–H groups in total. The Morgan fingerprint density at radius 3 is 1.14 bits per heavy atom. The van der Waals surface area contributed by atoms with E-state index in [1.165, 1.54) is 54.5 Å². The first-order chi connectivity index (χ1) is 20.6. The molecule has 0 amide bonds. The van der Waals surface area contributed by atoms with Gasteiger partial charge in [0.25, 0.3) is 0 Å². The second kappa shape index (κ2) is 9.73. The molecule has 9 rings (SSSR count). The Morgan fingerprint density at radius 2 is 0.767 bits per heavy atom. The summed E-state index contributed by atoms with van der Waals surface area (Å²) < 4.78 is 0. The van der Waals surface area contributed by atoms with Crippen LogP contribution in [0.5, 0.6) is 0 Å². The van der Waals surface area contributed by atoms with E-state index in [9.17, 15) is 0 Å². The van der Waals surface area contributed by atoms with Crippen LogP contribution in [0.2, 0.25) is 0 Å². The minimum Gasteiger partial charge on any atom is -0.504 e. The Balaban J connectivity index is 0.00000278. The summed E-state index contributed by atoms with van der Waals surface area (Å²) in [6.45, 7) is 4.32. The molecule has 43 heavy (non-hydrogen) atoms. The molecule has 0 fully saturated rings. The fraction of sp³-hybridized carbons (Fsp3) is 0.0526. The summed E-state index contributed by atoms with van der Waals surface area (Å²) in [6.07, 6.45) is 0. The number of anilines is 6. The number of benzene rings is 7. The fourth-order valence-corrected chi connectivity index (χ4v) is 6.59. The Hall–Kier alpha value is -4.58. The van der Waals surface area contributed by atoms with Gasteiger partial charge in [0.05, 0.1) is 0 Å². The van der Waals surface area contributed by atoms with Gasteiger partial charge in [-0.1, -0.05) is 48.5 Å². The SMILES string of the molecule is CN1[CH-]N(c2[c-]c(N3[CH-]N(C)c4cc5cc6ccccc6cc5cc43)ccc2)c2cc3cc4ccccc4cc3cc21.[Os]. The smallest absolute Gasteiger partial charge is 0.0332 e. The molecular formula is C38H27N4Os-3. The predicted octanol–water partition coefficient (Wildman–Crippen LogP) is 9.51. The van der Waals surface area contributed by atoms with Crippen molar-refractivity contribution >= 4 is 77.2 Å². The summed E-state index contributed by atoms with van der Waals surface area (Å²) in [7, 11) is 4.23. The molecule has 7 aromatic carbocycles.